The fourth-order valence-corrected chi connectivity index (χ4v) is 6.60. The highest BCUT2D eigenvalue weighted by atomic mass is 79.9. The van der Waals surface area contributed by atoms with E-state index < -0.39 is 16.1 Å². The smallest absolute Gasteiger partial charge is 0.247 e. The van der Waals surface area contributed by atoms with Crippen molar-refractivity contribution < 1.29 is 18.3 Å². The third-order valence-electron chi connectivity index (χ3n) is 6.17. The van der Waals surface area contributed by atoms with Crippen LogP contribution in [0.3, 0.4) is 0 Å². The maximum Gasteiger partial charge on any atom is 0.247 e. The molecule has 8 heteroatoms. The summed E-state index contributed by atoms with van der Waals surface area (Å²) in [6, 6.07) is 4.54. The molecule has 1 heterocycles. The van der Waals surface area contributed by atoms with Gasteiger partial charge in [-0.15, -0.1) is 0 Å². The van der Waals surface area contributed by atoms with E-state index in [-0.39, 0.29) is 23.5 Å². The molecule has 0 radical (unpaired) electrons. The lowest BCUT2D eigenvalue weighted by Crippen LogP contribution is -2.49. The van der Waals surface area contributed by atoms with Crippen molar-refractivity contribution in [2.45, 2.75) is 56.6 Å². The quantitative estimate of drug-likeness (QED) is 0.664. The van der Waals surface area contributed by atoms with Crippen molar-refractivity contribution in [2.75, 3.05) is 33.3 Å². The van der Waals surface area contributed by atoms with Gasteiger partial charge in [0.1, 0.15) is 16.7 Å². The van der Waals surface area contributed by atoms with Crippen LogP contribution in [0.1, 0.15) is 39.5 Å². The van der Waals surface area contributed by atoms with Crippen LogP contribution in [0.2, 0.25) is 0 Å². The van der Waals surface area contributed by atoms with Crippen molar-refractivity contribution in [1.29, 1.82) is 0 Å². The molecule has 1 aliphatic heterocycles. The first-order valence-electron chi connectivity index (χ1n) is 10.5. The second-order valence-corrected chi connectivity index (χ2v) is 11.5. The van der Waals surface area contributed by atoms with Crippen LogP contribution in [-0.4, -0.2) is 68.2 Å². The molecule has 0 amide bonds. The van der Waals surface area contributed by atoms with Gasteiger partial charge in [-0.3, -0.25) is 0 Å². The van der Waals surface area contributed by atoms with Gasteiger partial charge >= 0.3 is 0 Å². The Morgan fingerprint density at radius 1 is 1.31 bits per heavy atom. The molecule has 29 heavy (non-hydrogen) atoms. The summed E-state index contributed by atoms with van der Waals surface area (Å²) in [5.74, 6) is 1.11. The molecule has 1 aromatic rings. The first-order valence-corrected chi connectivity index (χ1v) is 12.7. The average Bonchev–Trinajstić information content (AvgIpc) is 3.16. The number of benzene rings is 1. The molecular weight excluding hydrogens is 456 g/mol. The molecule has 0 spiro atoms. The Hall–Kier alpha value is -0.670. The second-order valence-electron chi connectivity index (χ2n) is 8.70. The summed E-state index contributed by atoms with van der Waals surface area (Å²) >= 11 is 3.44. The van der Waals surface area contributed by atoms with Crippen molar-refractivity contribution in [1.82, 2.24) is 9.21 Å². The average molecular weight is 489 g/mol. The molecule has 1 fully saturated rings. The van der Waals surface area contributed by atoms with Gasteiger partial charge in [0.2, 0.25) is 10.0 Å². The van der Waals surface area contributed by atoms with Gasteiger partial charge in [0.25, 0.3) is 0 Å². The lowest BCUT2D eigenvalue weighted by Gasteiger charge is -2.37. The number of hydrogen-bond donors (Lipinski definition) is 1. The zero-order chi connectivity index (χ0) is 21.2. The highest BCUT2D eigenvalue weighted by molar-refractivity contribution is 9.10. The summed E-state index contributed by atoms with van der Waals surface area (Å²) in [6.07, 6.45) is 5.09. The molecule has 1 aliphatic carbocycles. The molecule has 164 valence electrons. The molecule has 0 saturated heterocycles. The van der Waals surface area contributed by atoms with Gasteiger partial charge in [0, 0.05) is 36.1 Å². The molecular formula is C21H33BrN2O4S. The number of fused-ring (bicyclic) bond motifs is 1. The number of aliphatic hydroxyl groups is 1. The highest BCUT2D eigenvalue weighted by Crippen LogP contribution is 2.35. The van der Waals surface area contributed by atoms with Crippen LogP contribution in [-0.2, 0) is 10.0 Å². The van der Waals surface area contributed by atoms with Gasteiger partial charge in [0.05, 0.1) is 6.61 Å². The first kappa shape index (κ1) is 23.0. The van der Waals surface area contributed by atoms with Gasteiger partial charge in [-0.1, -0.05) is 35.7 Å². The standard InChI is InChI=1S/C21H33BrN2O4S/c1-15-11-24(16(2)14-25)29(26,27)21-9-8-18(22)10-19(21)28-20(15)13-23(3)12-17-6-4-5-7-17/h8-10,15-17,20,25H,4-7,11-14H2,1-3H3/t15-,16+,20+/m0/s1. The number of rotatable bonds is 6. The summed E-state index contributed by atoms with van der Waals surface area (Å²) in [4.78, 5) is 2.49. The van der Waals surface area contributed by atoms with Crippen LogP contribution in [0, 0.1) is 11.8 Å². The number of likely N-dealkylation sites (N-methyl/N-ethyl adjacent to an activating group) is 1. The second kappa shape index (κ2) is 9.64. The van der Waals surface area contributed by atoms with Crippen LogP contribution in [0.5, 0.6) is 5.75 Å². The molecule has 1 aromatic carbocycles. The summed E-state index contributed by atoms with van der Waals surface area (Å²) < 4.78 is 35.1. The van der Waals surface area contributed by atoms with Gasteiger partial charge in [0.15, 0.2) is 0 Å². The van der Waals surface area contributed by atoms with E-state index in [2.05, 4.69) is 27.9 Å². The van der Waals surface area contributed by atoms with Crippen molar-refractivity contribution in [3.63, 3.8) is 0 Å². The minimum Gasteiger partial charge on any atom is -0.487 e. The summed E-state index contributed by atoms with van der Waals surface area (Å²) in [5.41, 5.74) is 0. The van der Waals surface area contributed by atoms with Crippen LogP contribution in [0.15, 0.2) is 27.6 Å². The third kappa shape index (κ3) is 5.34. The zero-order valence-electron chi connectivity index (χ0n) is 17.6. The third-order valence-corrected chi connectivity index (χ3v) is 8.68. The van der Waals surface area contributed by atoms with Crippen LogP contribution in [0.25, 0.3) is 0 Å². The number of halogens is 1. The largest absolute Gasteiger partial charge is 0.487 e. The number of aliphatic hydroxyl groups excluding tert-OH is 1. The van der Waals surface area contributed by atoms with Crippen molar-refractivity contribution in [3.8, 4) is 5.75 Å². The summed E-state index contributed by atoms with van der Waals surface area (Å²) in [5, 5.41) is 9.68. The molecule has 1 saturated carbocycles. The van der Waals surface area contributed by atoms with E-state index in [0.717, 1.165) is 23.5 Å². The molecule has 3 atom stereocenters. The molecule has 6 nitrogen and oxygen atoms in total. The first-order chi connectivity index (χ1) is 13.7. The molecule has 0 unspecified atom stereocenters. The Morgan fingerprint density at radius 2 is 2.00 bits per heavy atom. The fraction of sp³-hybridized carbons (Fsp3) is 0.714. The monoisotopic (exact) mass is 488 g/mol. The fourth-order valence-electron chi connectivity index (χ4n) is 4.43. The van der Waals surface area contributed by atoms with Crippen LogP contribution in [0.4, 0.5) is 0 Å². The Kier molecular flexibility index (Phi) is 7.65. The Bertz CT molecular complexity index is 798. The van der Waals surface area contributed by atoms with E-state index in [0.29, 0.717) is 12.3 Å². The predicted molar refractivity (Wildman–Crippen MR) is 118 cm³/mol. The Morgan fingerprint density at radius 3 is 2.66 bits per heavy atom. The van der Waals surface area contributed by atoms with Gasteiger partial charge in [-0.05, 0) is 50.9 Å². The number of ether oxygens (including phenoxy) is 1. The number of sulfonamides is 1. The maximum absolute atomic E-state index is 13.3. The number of nitrogens with zero attached hydrogens (tertiary/aromatic N) is 2. The Labute approximate surface area is 183 Å². The molecule has 2 aliphatic rings. The maximum atomic E-state index is 13.3. The minimum absolute atomic E-state index is 0.0167. The van der Waals surface area contributed by atoms with Gasteiger partial charge in [-0.25, -0.2) is 8.42 Å². The van der Waals surface area contributed by atoms with Crippen molar-refractivity contribution >= 4 is 26.0 Å². The van der Waals surface area contributed by atoms with Gasteiger partial charge in [-0.2, -0.15) is 4.31 Å². The molecule has 3 rings (SSSR count). The van der Waals surface area contributed by atoms with E-state index in [1.807, 2.05) is 6.92 Å². The Balaban J connectivity index is 1.89. The predicted octanol–water partition coefficient (Wildman–Crippen LogP) is 3.34. The molecule has 0 bridgehead atoms. The van der Waals surface area contributed by atoms with Gasteiger partial charge < -0.3 is 14.7 Å². The highest BCUT2D eigenvalue weighted by Gasteiger charge is 2.38. The lowest BCUT2D eigenvalue weighted by molar-refractivity contribution is 0.0711. The molecule has 1 N–H and O–H groups in total. The van der Waals surface area contributed by atoms with E-state index in [4.69, 9.17) is 4.74 Å². The topological polar surface area (TPSA) is 70.1 Å². The summed E-state index contributed by atoms with van der Waals surface area (Å²) in [6.45, 7) is 5.67. The minimum atomic E-state index is -3.76. The van der Waals surface area contributed by atoms with E-state index in [1.165, 1.54) is 30.0 Å². The van der Waals surface area contributed by atoms with E-state index in [9.17, 15) is 13.5 Å². The van der Waals surface area contributed by atoms with Crippen LogP contribution < -0.4 is 4.74 Å². The number of hydrogen-bond acceptors (Lipinski definition) is 5. The van der Waals surface area contributed by atoms with Crippen LogP contribution >= 0.6 is 15.9 Å². The normalized spacial score (nSPS) is 26.6. The summed E-state index contributed by atoms with van der Waals surface area (Å²) in [7, 11) is -1.64. The van der Waals surface area contributed by atoms with Crippen molar-refractivity contribution in [3.05, 3.63) is 22.7 Å². The van der Waals surface area contributed by atoms with E-state index in [1.54, 1.807) is 25.1 Å². The van der Waals surface area contributed by atoms with Crippen molar-refractivity contribution in [2.24, 2.45) is 11.8 Å². The lowest BCUT2D eigenvalue weighted by atomic mass is 10.0. The SMILES string of the molecule is C[C@H](CO)N1C[C@H](C)[C@@H](CN(C)CC2CCCC2)Oc2cc(Br)ccc2S1(=O)=O. The molecule has 0 aromatic heterocycles. The zero-order valence-corrected chi connectivity index (χ0v) is 20.0. The van der Waals surface area contributed by atoms with E-state index >= 15 is 0 Å².